The molecule has 1 saturated carbocycles. The van der Waals surface area contributed by atoms with Gasteiger partial charge >= 0.3 is 0 Å². The van der Waals surface area contributed by atoms with Crippen molar-refractivity contribution in [3.05, 3.63) is 58.6 Å². The molecule has 1 aliphatic rings. The van der Waals surface area contributed by atoms with E-state index in [4.69, 9.17) is 16.6 Å². The van der Waals surface area contributed by atoms with E-state index in [1.807, 2.05) is 18.2 Å². The van der Waals surface area contributed by atoms with Gasteiger partial charge in [0.2, 0.25) is 11.1 Å². The number of benzene rings is 2. The highest BCUT2D eigenvalue weighted by Crippen LogP contribution is 2.29. The Morgan fingerprint density at radius 2 is 2.09 bits per heavy atom. The molecule has 2 heterocycles. The van der Waals surface area contributed by atoms with Crippen molar-refractivity contribution in [3.8, 4) is 0 Å². The van der Waals surface area contributed by atoms with Crippen LogP contribution in [0.25, 0.3) is 22.1 Å². The van der Waals surface area contributed by atoms with Crippen molar-refractivity contribution in [2.24, 2.45) is 0 Å². The van der Waals surface area contributed by atoms with Crippen LogP contribution in [-0.4, -0.2) is 37.5 Å². The molecule has 1 aliphatic carbocycles. The number of nitrogens with zero attached hydrogens (tertiary/aromatic N) is 4. The van der Waals surface area contributed by atoms with E-state index in [9.17, 15) is 4.79 Å². The highest BCUT2D eigenvalue weighted by Gasteiger charge is 2.22. The van der Waals surface area contributed by atoms with Gasteiger partial charge in [0, 0.05) is 35.2 Å². The molecule has 1 N–H and O–H groups in total. The number of amides is 1. The lowest BCUT2D eigenvalue weighted by Crippen LogP contribution is -2.25. The van der Waals surface area contributed by atoms with Crippen LogP contribution in [-0.2, 0) is 11.3 Å². The van der Waals surface area contributed by atoms with Gasteiger partial charge in [-0.2, -0.15) is 0 Å². The molecule has 0 radical (unpaired) electrons. The van der Waals surface area contributed by atoms with Crippen LogP contribution < -0.4 is 5.32 Å². The van der Waals surface area contributed by atoms with Crippen LogP contribution in [0.15, 0.2) is 47.6 Å². The number of aryl methyl sites for hydroxylation is 1. The maximum absolute atomic E-state index is 11.9. The lowest BCUT2D eigenvalue weighted by atomic mass is 10.1. The van der Waals surface area contributed by atoms with Crippen molar-refractivity contribution in [1.29, 1.82) is 0 Å². The Balaban J connectivity index is 1.40. The molecule has 164 valence electrons. The second-order valence-electron chi connectivity index (χ2n) is 8.30. The standard InChI is InChI=1S/C24H24ClN5OS/c1-15-7-10-20-19(12-15)22-23(30(20)14-16-4-2-5-17(25)13-16)27-24(29-28-22)32-11-3-6-21(31)26-18-8-9-18/h2,4-5,7,10,12-13,18H,3,6,8-9,11,14H2,1H3,(H,26,31). The summed E-state index contributed by atoms with van der Waals surface area (Å²) in [7, 11) is 0. The third-order valence-electron chi connectivity index (χ3n) is 5.55. The van der Waals surface area contributed by atoms with Gasteiger partial charge in [0.15, 0.2) is 5.65 Å². The molecule has 1 fully saturated rings. The first kappa shape index (κ1) is 21.2. The fraction of sp³-hybridized carbons (Fsp3) is 0.333. The summed E-state index contributed by atoms with van der Waals surface area (Å²) >= 11 is 7.76. The second kappa shape index (κ2) is 9.08. The Morgan fingerprint density at radius 1 is 1.22 bits per heavy atom. The highest BCUT2D eigenvalue weighted by atomic mass is 35.5. The number of fused-ring (bicyclic) bond motifs is 3. The molecule has 0 saturated heterocycles. The quantitative estimate of drug-likeness (QED) is 0.288. The van der Waals surface area contributed by atoms with Gasteiger partial charge in [-0.05, 0) is 56.0 Å². The third kappa shape index (κ3) is 4.74. The molecule has 0 atom stereocenters. The summed E-state index contributed by atoms with van der Waals surface area (Å²) < 4.78 is 2.18. The molecular weight excluding hydrogens is 442 g/mol. The van der Waals surface area contributed by atoms with Crippen LogP contribution in [0.1, 0.15) is 36.8 Å². The van der Waals surface area contributed by atoms with Crippen molar-refractivity contribution >= 4 is 51.3 Å². The van der Waals surface area contributed by atoms with Crippen molar-refractivity contribution in [2.45, 2.75) is 50.4 Å². The summed E-state index contributed by atoms with van der Waals surface area (Å²) in [6.45, 7) is 2.72. The van der Waals surface area contributed by atoms with E-state index in [2.05, 4.69) is 51.3 Å². The summed E-state index contributed by atoms with van der Waals surface area (Å²) in [5.41, 5.74) is 4.97. The van der Waals surface area contributed by atoms with Crippen molar-refractivity contribution in [3.63, 3.8) is 0 Å². The molecule has 2 aromatic carbocycles. The van der Waals surface area contributed by atoms with Gasteiger partial charge in [-0.25, -0.2) is 4.98 Å². The van der Waals surface area contributed by atoms with E-state index >= 15 is 0 Å². The minimum Gasteiger partial charge on any atom is -0.353 e. The van der Waals surface area contributed by atoms with Crippen LogP contribution in [0.3, 0.4) is 0 Å². The smallest absolute Gasteiger partial charge is 0.220 e. The Labute approximate surface area is 195 Å². The summed E-state index contributed by atoms with van der Waals surface area (Å²) in [5, 5.41) is 14.3. The molecule has 2 aromatic heterocycles. The number of carbonyl (C=O) groups is 1. The lowest BCUT2D eigenvalue weighted by molar-refractivity contribution is -0.121. The van der Waals surface area contributed by atoms with Crippen molar-refractivity contribution in [1.82, 2.24) is 25.1 Å². The van der Waals surface area contributed by atoms with E-state index in [1.165, 1.54) is 5.56 Å². The van der Waals surface area contributed by atoms with E-state index in [-0.39, 0.29) is 5.91 Å². The van der Waals surface area contributed by atoms with Crippen molar-refractivity contribution in [2.75, 3.05) is 5.75 Å². The zero-order chi connectivity index (χ0) is 22.1. The Bertz CT molecular complexity index is 1300. The fourth-order valence-electron chi connectivity index (χ4n) is 3.82. The molecule has 0 unspecified atom stereocenters. The van der Waals surface area contributed by atoms with E-state index in [0.29, 0.717) is 29.2 Å². The number of nitrogens with one attached hydrogen (secondary N) is 1. The predicted molar refractivity (Wildman–Crippen MR) is 129 cm³/mol. The SMILES string of the molecule is Cc1ccc2c(c1)c1nnc(SCCCC(=O)NC3CC3)nc1n2Cc1cccc(Cl)c1. The Morgan fingerprint density at radius 3 is 2.91 bits per heavy atom. The van der Waals surface area contributed by atoms with Gasteiger partial charge in [0.25, 0.3) is 0 Å². The van der Waals surface area contributed by atoms with Crippen LogP contribution in [0.5, 0.6) is 0 Å². The predicted octanol–water partition coefficient (Wildman–Crippen LogP) is 5.14. The summed E-state index contributed by atoms with van der Waals surface area (Å²) in [4.78, 5) is 16.7. The zero-order valence-electron chi connectivity index (χ0n) is 17.8. The minimum atomic E-state index is 0.139. The van der Waals surface area contributed by atoms with Crippen molar-refractivity contribution < 1.29 is 4.79 Å². The molecule has 1 amide bonds. The molecule has 6 nitrogen and oxygen atoms in total. The molecule has 5 rings (SSSR count). The first-order valence-corrected chi connectivity index (χ1v) is 12.2. The van der Waals surface area contributed by atoms with Crippen LogP contribution in [0.4, 0.5) is 0 Å². The maximum atomic E-state index is 11.9. The van der Waals surface area contributed by atoms with Crippen LogP contribution >= 0.6 is 23.4 Å². The number of aromatic nitrogens is 4. The largest absolute Gasteiger partial charge is 0.353 e. The van der Waals surface area contributed by atoms with Crippen LogP contribution in [0, 0.1) is 6.92 Å². The van der Waals surface area contributed by atoms with Gasteiger partial charge in [-0.15, -0.1) is 10.2 Å². The summed E-state index contributed by atoms with van der Waals surface area (Å²) in [6.07, 6.45) is 3.55. The molecule has 4 aromatic rings. The summed E-state index contributed by atoms with van der Waals surface area (Å²) in [6, 6.07) is 14.6. The Kier molecular flexibility index (Phi) is 6.02. The van der Waals surface area contributed by atoms with Gasteiger partial charge in [0.05, 0.1) is 5.52 Å². The molecule has 8 heteroatoms. The Hall–Kier alpha value is -2.64. The van der Waals surface area contributed by atoms with E-state index in [0.717, 1.165) is 52.6 Å². The van der Waals surface area contributed by atoms with Crippen LogP contribution in [0.2, 0.25) is 5.02 Å². The monoisotopic (exact) mass is 465 g/mol. The van der Waals surface area contributed by atoms with E-state index < -0.39 is 0 Å². The first-order valence-electron chi connectivity index (χ1n) is 10.9. The maximum Gasteiger partial charge on any atom is 0.220 e. The topological polar surface area (TPSA) is 72.7 Å². The number of rotatable bonds is 8. The number of hydrogen-bond donors (Lipinski definition) is 1. The van der Waals surface area contributed by atoms with Gasteiger partial charge in [-0.3, -0.25) is 4.79 Å². The molecule has 0 aliphatic heterocycles. The van der Waals surface area contributed by atoms with E-state index in [1.54, 1.807) is 11.8 Å². The number of hydrogen-bond acceptors (Lipinski definition) is 5. The average molecular weight is 466 g/mol. The normalized spacial score (nSPS) is 13.7. The average Bonchev–Trinajstić information content (AvgIpc) is 3.54. The molecular formula is C24H24ClN5OS. The summed E-state index contributed by atoms with van der Waals surface area (Å²) in [5.74, 6) is 0.915. The fourth-order valence-corrected chi connectivity index (χ4v) is 4.75. The van der Waals surface area contributed by atoms with Gasteiger partial charge in [-0.1, -0.05) is 47.1 Å². The number of carbonyl (C=O) groups excluding carboxylic acids is 1. The second-order valence-corrected chi connectivity index (χ2v) is 9.80. The molecule has 0 spiro atoms. The molecule has 0 bridgehead atoms. The lowest BCUT2D eigenvalue weighted by Gasteiger charge is -2.08. The van der Waals surface area contributed by atoms with Gasteiger partial charge in [0.1, 0.15) is 5.52 Å². The number of thioether (sulfide) groups is 1. The first-order chi connectivity index (χ1) is 15.6. The number of halogens is 1. The molecule has 32 heavy (non-hydrogen) atoms. The minimum absolute atomic E-state index is 0.139. The highest BCUT2D eigenvalue weighted by molar-refractivity contribution is 7.99. The zero-order valence-corrected chi connectivity index (χ0v) is 19.4. The van der Waals surface area contributed by atoms with Gasteiger partial charge < -0.3 is 9.88 Å². The third-order valence-corrected chi connectivity index (χ3v) is 6.71.